The van der Waals surface area contributed by atoms with Crippen molar-refractivity contribution in [1.29, 1.82) is 0 Å². The summed E-state index contributed by atoms with van der Waals surface area (Å²) in [5.41, 5.74) is 0. The summed E-state index contributed by atoms with van der Waals surface area (Å²) < 4.78 is 5.91. The molecule has 4 heteroatoms. The SMILES string of the molecule is CCC1CCCCC1OCC(O)CNCC(O)C1CC1. The highest BCUT2D eigenvalue weighted by atomic mass is 16.5. The largest absolute Gasteiger partial charge is 0.392 e. The maximum absolute atomic E-state index is 9.94. The summed E-state index contributed by atoms with van der Waals surface area (Å²) in [6, 6.07) is 0. The fourth-order valence-corrected chi connectivity index (χ4v) is 3.20. The Balaban J connectivity index is 1.55. The Labute approximate surface area is 122 Å². The highest BCUT2D eigenvalue weighted by Gasteiger charge is 2.29. The van der Waals surface area contributed by atoms with E-state index in [0.29, 0.717) is 37.6 Å². The molecular formula is C16H31NO3. The summed E-state index contributed by atoms with van der Waals surface area (Å²) in [5.74, 6) is 1.16. The van der Waals surface area contributed by atoms with E-state index in [9.17, 15) is 10.2 Å². The number of nitrogens with one attached hydrogen (secondary N) is 1. The van der Waals surface area contributed by atoms with Crippen molar-refractivity contribution in [3.63, 3.8) is 0 Å². The molecule has 4 nitrogen and oxygen atoms in total. The third-order valence-corrected chi connectivity index (χ3v) is 4.77. The highest BCUT2D eigenvalue weighted by molar-refractivity contribution is 4.82. The van der Waals surface area contributed by atoms with E-state index in [0.717, 1.165) is 19.3 Å². The fraction of sp³-hybridized carbons (Fsp3) is 1.00. The van der Waals surface area contributed by atoms with E-state index in [4.69, 9.17) is 4.74 Å². The maximum atomic E-state index is 9.94. The average Bonchev–Trinajstić information content (AvgIpc) is 3.30. The number of aliphatic hydroxyl groups excluding tert-OH is 2. The Morgan fingerprint density at radius 2 is 1.85 bits per heavy atom. The Morgan fingerprint density at radius 3 is 2.55 bits per heavy atom. The van der Waals surface area contributed by atoms with Crippen LogP contribution in [0, 0.1) is 11.8 Å². The summed E-state index contributed by atoms with van der Waals surface area (Å²) >= 11 is 0. The second-order valence-electron chi connectivity index (χ2n) is 6.54. The van der Waals surface area contributed by atoms with Crippen molar-refractivity contribution in [2.45, 2.75) is 70.2 Å². The van der Waals surface area contributed by atoms with Crippen LogP contribution < -0.4 is 5.32 Å². The molecule has 2 saturated carbocycles. The summed E-state index contributed by atoms with van der Waals surface area (Å²) in [6.07, 6.45) is 8.06. The van der Waals surface area contributed by atoms with Gasteiger partial charge in [0.05, 0.1) is 24.9 Å². The molecule has 0 amide bonds. The van der Waals surface area contributed by atoms with Crippen LogP contribution in [0.25, 0.3) is 0 Å². The van der Waals surface area contributed by atoms with E-state index in [-0.39, 0.29) is 6.10 Å². The smallest absolute Gasteiger partial charge is 0.0897 e. The first-order chi connectivity index (χ1) is 9.70. The van der Waals surface area contributed by atoms with E-state index < -0.39 is 6.10 Å². The molecule has 0 heterocycles. The second-order valence-corrected chi connectivity index (χ2v) is 6.54. The Bertz CT molecular complexity index is 270. The summed E-state index contributed by atoms with van der Waals surface area (Å²) in [4.78, 5) is 0. The van der Waals surface area contributed by atoms with Gasteiger partial charge >= 0.3 is 0 Å². The first kappa shape index (κ1) is 16.2. The number of rotatable bonds is 9. The van der Waals surface area contributed by atoms with Gasteiger partial charge in [-0.05, 0) is 37.5 Å². The van der Waals surface area contributed by atoms with E-state index in [1.807, 2.05) is 0 Å². The van der Waals surface area contributed by atoms with Gasteiger partial charge in [0.25, 0.3) is 0 Å². The van der Waals surface area contributed by atoms with Crippen LogP contribution in [0.1, 0.15) is 51.9 Å². The van der Waals surface area contributed by atoms with Gasteiger partial charge in [-0.15, -0.1) is 0 Å². The maximum Gasteiger partial charge on any atom is 0.0897 e. The van der Waals surface area contributed by atoms with Gasteiger partial charge in [-0.3, -0.25) is 0 Å². The van der Waals surface area contributed by atoms with Crippen LogP contribution in [0.4, 0.5) is 0 Å². The van der Waals surface area contributed by atoms with Crippen molar-refractivity contribution in [1.82, 2.24) is 5.32 Å². The molecule has 0 radical (unpaired) electrons. The molecule has 0 aromatic heterocycles. The number of hydrogen-bond donors (Lipinski definition) is 3. The van der Waals surface area contributed by atoms with Gasteiger partial charge in [0.15, 0.2) is 0 Å². The minimum atomic E-state index is -0.471. The molecule has 2 aliphatic carbocycles. The first-order valence-electron chi connectivity index (χ1n) is 8.39. The molecule has 0 bridgehead atoms. The molecule has 4 unspecified atom stereocenters. The molecule has 0 saturated heterocycles. The Morgan fingerprint density at radius 1 is 1.10 bits per heavy atom. The lowest BCUT2D eigenvalue weighted by atomic mass is 9.85. The summed E-state index contributed by atoms with van der Waals surface area (Å²) in [5, 5.41) is 22.8. The van der Waals surface area contributed by atoms with Gasteiger partial charge < -0.3 is 20.3 Å². The summed E-state index contributed by atoms with van der Waals surface area (Å²) in [7, 11) is 0. The molecule has 0 aliphatic heterocycles. The van der Waals surface area contributed by atoms with Crippen LogP contribution in [0.5, 0.6) is 0 Å². The molecule has 2 fully saturated rings. The zero-order valence-corrected chi connectivity index (χ0v) is 12.8. The minimum absolute atomic E-state index is 0.245. The predicted octanol–water partition coefficient (Wildman–Crippen LogP) is 1.69. The number of hydrogen-bond acceptors (Lipinski definition) is 4. The molecule has 2 aliphatic rings. The quantitative estimate of drug-likeness (QED) is 0.603. The molecule has 0 aromatic rings. The van der Waals surface area contributed by atoms with E-state index in [2.05, 4.69) is 12.2 Å². The molecular weight excluding hydrogens is 254 g/mol. The van der Waals surface area contributed by atoms with Crippen LogP contribution in [0.2, 0.25) is 0 Å². The van der Waals surface area contributed by atoms with Gasteiger partial charge in [-0.1, -0.05) is 26.2 Å². The van der Waals surface area contributed by atoms with Gasteiger partial charge in [0.1, 0.15) is 0 Å². The van der Waals surface area contributed by atoms with E-state index in [1.165, 1.54) is 25.7 Å². The minimum Gasteiger partial charge on any atom is -0.392 e. The van der Waals surface area contributed by atoms with Crippen LogP contribution in [0.3, 0.4) is 0 Å². The molecule has 0 spiro atoms. The topological polar surface area (TPSA) is 61.7 Å². The van der Waals surface area contributed by atoms with Crippen molar-refractivity contribution in [2.75, 3.05) is 19.7 Å². The predicted molar refractivity (Wildman–Crippen MR) is 79.6 cm³/mol. The number of aliphatic hydroxyl groups is 2. The van der Waals surface area contributed by atoms with E-state index >= 15 is 0 Å². The first-order valence-corrected chi connectivity index (χ1v) is 8.39. The zero-order valence-electron chi connectivity index (χ0n) is 12.8. The van der Waals surface area contributed by atoms with Gasteiger partial charge in [-0.2, -0.15) is 0 Å². The Kier molecular flexibility index (Phi) is 6.75. The summed E-state index contributed by atoms with van der Waals surface area (Å²) in [6.45, 7) is 3.73. The van der Waals surface area contributed by atoms with Crippen LogP contribution in [0.15, 0.2) is 0 Å². The Hall–Kier alpha value is -0.160. The highest BCUT2D eigenvalue weighted by Crippen LogP contribution is 2.32. The standard InChI is InChI=1S/C16H31NO3/c1-2-12-5-3-4-6-16(12)20-11-14(18)9-17-10-15(19)13-7-8-13/h12-19H,2-11H2,1H3. The van der Waals surface area contributed by atoms with Crippen LogP contribution in [-0.2, 0) is 4.74 Å². The van der Waals surface area contributed by atoms with Gasteiger partial charge in [0, 0.05) is 13.1 Å². The molecule has 20 heavy (non-hydrogen) atoms. The number of ether oxygens (including phenoxy) is 1. The third-order valence-electron chi connectivity index (χ3n) is 4.77. The molecule has 2 rings (SSSR count). The average molecular weight is 285 g/mol. The second kappa shape index (κ2) is 8.32. The lowest BCUT2D eigenvalue weighted by molar-refractivity contribution is -0.0502. The van der Waals surface area contributed by atoms with Gasteiger partial charge in [0.2, 0.25) is 0 Å². The fourth-order valence-electron chi connectivity index (χ4n) is 3.20. The lowest BCUT2D eigenvalue weighted by Gasteiger charge is -2.31. The van der Waals surface area contributed by atoms with Crippen molar-refractivity contribution in [3.8, 4) is 0 Å². The van der Waals surface area contributed by atoms with Crippen molar-refractivity contribution in [2.24, 2.45) is 11.8 Å². The van der Waals surface area contributed by atoms with Crippen LogP contribution in [-0.4, -0.2) is 48.2 Å². The normalized spacial score (nSPS) is 30.1. The molecule has 0 aromatic carbocycles. The monoisotopic (exact) mass is 285 g/mol. The third kappa shape index (κ3) is 5.32. The molecule has 4 atom stereocenters. The zero-order chi connectivity index (χ0) is 14.4. The lowest BCUT2D eigenvalue weighted by Crippen LogP contribution is -2.38. The van der Waals surface area contributed by atoms with Gasteiger partial charge in [-0.25, -0.2) is 0 Å². The van der Waals surface area contributed by atoms with Crippen molar-refractivity contribution < 1.29 is 14.9 Å². The van der Waals surface area contributed by atoms with Crippen molar-refractivity contribution in [3.05, 3.63) is 0 Å². The molecule has 3 N–H and O–H groups in total. The van der Waals surface area contributed by atoms with E-state index in [1.54, 1.807) is 0 Å². The van der Waals surface area contributed by atoms with Crippen molar-refractivity contribution >= 4 is 0 Å². The molecule has 118 valence electrons. The van der Waals surface area contributed by atoms with Crippen LogP contribution >= 0.6 is 0 Å².